The van der Waals surface area contributed by atoms with Crippen LogP contribution in [0.4, 0.5) is 5.69 Å². The molecule has 0 saturated carbocycles. The standard InChI is InChI=1S/C37H47N/c1-11-27-34-31(20-26-16-14-18-38(10)35(26)27)33(28-17-13-12-15-23(28)2)30-21-29(25(4)22-36(5,6)7)24(3)19-32(30)37(34,8)9/h12-13,15,17,19-21,25H,3,11,14,16,18,22H2,1-2,4-10H3. The Morgan fingerprint density at radius 1 is 1.05 bits per heavy atom. The zero-order valence-corrected chi connectivity index (χ0v) is 25.3. The maximum atomic E-state index is 4.62. The quantitative estimate of drug-likeness (QED) is 0.350. The molecular formula is C37H47N. The van der Waals surface area contributed by atoms with Crippen molar-refractivity contribution in [3.63, 3.8) is 0 Å². The average Bonchev–Trinajstić information content (AvgIpc) is 2.83. The molecular weight excluding hydrogens is 458 g/mol. The van der Waals surface area contributed by atoms with E-state index in [2.05, 4.69) is 116 Å². The van der Waals surface area contributed by atoms with E-state index in [4.69, 9.17) is 0 Å². The van der Waals surface area contributed by atoms with Gasteiger partial charge in [0.15, 0.2) is 0 Å². The van der Waals surface area contributed by atoms with Crippen LogP contribution >= 0.6 is 0 Å². The Bertz CT molecular complexity index is 1510. The number of anilines is 1. The van der Waals surface area contributed by atoms with Crippen molar-refractivity contribution in [2.45, 2.75) is 92.4 Å². The van der Waals surface area contributed by atoms with Gasteiger partial charge >= 0.3 is 0 Å². The van der Waals surface area contributed by atoms with Gasteiger partial charge in [0.2, 0.25) is 0 Å². The summed E-state index contributed by atoms with van der Waals surface area (Å²) < 4.78 is 0. The monoisotopic (exact) mass is 505 g/mol. The van der Waals surface area contributed by atoms with E-state index in [-0.39, 0.29) is 10.8 Å². The van der Waals surface area contributed by atoms with Crippen LogP contribution in [0.15, 0.2) is 42.5 Å². The summed E-state index contributed by atoms with van der Waals surface area (Å²) in [5.74, 6) is 0.457. The molecule has 0 spiro atoms. The van der Waals surface area contributed by atoms with E-state index in [1.807, 2.05) is 0 Å². The van der Waals surface area contributed by atoms with Gasteiger partial charge in [0.05, 0.1) is 0 Å². The molecule has 1 heteroatoms. The van der Waals surface area contributed by atoms with Gasteiger partial charge in [-0.25, -0.2) is 0 Å². The first kappa shape index (κ1) is 26.8. The van der Waals surface area contributed by atoms with Gasteiger partial charge in [-0.15, -0.1) is 0 Å². The van der Waals surface area contributed by atoms with Crippen LogP contribution in [0, 0.1) is 12.3 Å². The summed E-state index contributed by atoms with van der Waals surface area (Å²) in [7, 11) is 2.29. The van der Waals surface area contributed by atoms with Gasteiger partial charge in [-0.2, -0.15) is 0 Å². The highest BCUT2D eigenvalue weighted by Gasteiger charge is 2.38. The number of benzene rings is 3. The maximum absolute atomic E-state index is 4.62. The molecule has 38 heavy (non-hydrogen) atoms. The van der Waals surface area contributed by atoms with Crippen molar-refractivity contribution in [3.05, 3.63) is 97.4 Å². The van der Waals surface area contributed by atoms with E-state index < -0.39 is 0 Å². The zero-order chi connectivity index (χ0) is 27.6. The molecule has 5 rings (SSSR count). The van der Waals surface area contributed by atoms with Gasteiger partial charge in [-0.3, -0.25) is 0 Å². The molecule has 200 valence electrons. The van der Waals surface area contributed by atoms with Gasteiger partial charge in [-0.1, -0.05) is 85.4 Å². The lowest BCUT2D eigenvalue weighted by atomic mass is 9.65. The average molecular weight is 506 g/mol. The number of hydrogen-bond donors (Lipinski definition) is 0. The zero-order valence-electron chi connectivity index (χ0n) is 25.3. The van der Waals surface area contributed by atoms with Crippen LogP contribution in [0.25, 0.3) is 12.2 Å². The molecule has 3 aromatic rings. The van der Waals surface area contributed by atoms with Crippen LogP contribution in [0.5, 0.6) is 0 Å². The van der Waals surface area contributed by atoms with Gasteiger partial charge in [-0.05, 0) is 117 Å². The van der Waals surface area contributed by atoms with E-state index >= 15 is 0 Å². The van der Waals surface area contributed by atoms with Crippen molar-refractivity contribution in [2.24, 2.45) is 5.41 Å². The molecule has 0 N–H and O–H groups in total. The summed E-state index contributed by atoms with van der Waals surface area (Å²) in [6.07, 6.45) is 4.59. The summed E-state index contributed by atoms with van der Waals surface area (Å²) in [5, 5.41) is 2.60. The van der Waals surface area contributed by atoms with Crippen LogP contribution in [0.3, 0.4) is 0 Å². The molecule has 1 aliphatic carbocycles. The second-order valence-corrected chi connectivity index (χ2v) is 13.7. The minimum absolute atomic E-state index is 0.103. The smallest absolute Gasteiger partial charge is 0.0432 e. The van der Waals surface area contributed by atoms with Crippen molar-refractivity contribution >= 4 is 17.8 Å². The fourth-order valence-electron chi connectivity index (χ4n) is 7.63. The lowest BCUT2D eigenvalue weighted by molar-refractivity contribution is 0.348. The molecule has 0 saturated heterocycles. The minimum Gasteiger partial charge on any atom is -0.374 e. The second kappa shape index (κ2) is 9.44. The van der Waals surface area contributed by atoms with E-state index in [1.165, 1.54) is 79.0 Å². The highest BCUT2D eigenvalue weighted by molar-refractivity contribution is 5.89. The van der Waals surface area contributed by atoms with Gasteiger partial charge in [0, 0.05) is 24.7 Å². The molecule has 1 unspecified atom stereocenters. The lowest BCUT2D eigenvalue weighted by Crippen LogP contribution is -2.39. The van der Waals surface area contributed by atoms with E-state index in [0.717, 1.165) is 19.4 Å². The molecule has 0 amide bonds. The van der Waals surface area contributed by atoms with E-state index in [9.17, 15) is 0 Å². The van der Waals surface area contributed by atoms with Crippen molar-refractivity contribution in [1.29, 1.82) is 0 Å². The van der Waals surface area contributed by atoms with Crippen molar-refractivity contribution in [2.75, 3.05) is 18.5 Å². The molecule has 1 atom stereocenters. The third-order valence-corrected chi connectivity index (χ3v) is 9.13. The first-order chi connectivity index (χ1) is 17.8. The molecule has 0 radical (unpaired) electrons. The highest BCUT2D eigenvalue weighted by Crippen LogP contribution is 2.47. The first-order valence-electron chi connectivity index (χ1n) is 14.7. The summed E-state index contributed by atoms with van der Waals surface area (Å²) in [5.41, 5.74) is 14.6. The number of nitrogens with zero attached hydrogens (tertiary/aromatic N) is 1. The summed E-state index contributed by atoms with van der Waals surface area (Å²) >= 11 is 0. The molecule has 1 heterocycles. The normalized spacial score (nSPS) is 17.1. The Labute approximate surface area is 231 Å². The third-order valence-electron chi connectivity index (χ3n) is 9.13. The maximum Gasteiger partial charge on any atom is 0.0432 e. The predicted molar refractivity (Wildman–Crippen MR) is 166 cm³/mol. The summed E-state index contributed by atoms with van der Waals surface area (Å²) in [4.78, 5) is 2.51. The number of aryl methyl sites for hydroxylation is 2. The van der Waals surface area contributed by atoms with Crippen LogP contribution < -0.4 is 15.3 Å². The van der Waals surface area contributed by atoms with Gasteiger partial charge in [0.25, 0.3) is 0 Å². The molecule has 0 fully saturated rings. The van der Waals surface area contributed by atoms with Gasteiger partial charge in [0.1, 0.15) is 0 Å². The van der Waals surface area contributed by atoms with Crippen LogP contribution in [-0.4, -0.2) is 13.6 Å². The predicted octanol–water partition coefficient (Wildman–Crippen LogP) is 7.78. The van der Waals surface area contributed by atoms with Crippen LogP contribution in [0.2, 0.25) is 0 Å². The number of fused-ring (bicyclic) bond motifs is 3. The molecule has 1 nitrogen and oxygen atoms in total. The molecule has 2 aliphatic rings. The molecule has 1 aliphatic heterocycles. The Morgan fingerprint density at radius 3 is 2.42 bits per heavy atom. The van der Waals surface area contributed by atoms with Crippen LogP contribution in [0.1, 0.15) is 112 Å². The fraction of sp³-hybridized carbons (Fsp3) is 0.459. The Kier molecular flexibility index (Phi) is 6.65. The topological polar surface area (TPSA) is 3.24 Å². The summed E-state index contributed by atoms with van der Waals surface area (Å²) in [6.45, 7) is 24.7. The Morgan fingerprint density at radius 2 is 1.76 bits per heavy atom. The second-order valence-electron chi connectivity index (χ2n) is 13.7. The highest BCUT2D eigenvalue weighted by atomic mass is 15.1. The van der Waals surface area contributed by atoms with Crippen molar-refractivity contribution in [3.8, 4) is 0 Å². The van der Waals surface area contributed by atoms with Crippen LogP contribution in [-0.2, 0) is 18.3 Å². The Balaban J connectivity index is 1.95. The summed E-state index contributed by atoms with van der Waals surface area (Å²) in [6, 6.07) is 16.5. The lowest BCUT2D eigenvalue weighted by Gasteiger charge is -2.41. The Hall–Kier alpha value is -2.80. The SMILES string of the molecule is C=c1cc2c(cc1C(C)CC(C)(C)C)=C(c1ccccc1C)c1cc3c(c(CC)c1C2(C)C)N(C)CCC3. The minimum atomic E-state index is -0.103. The number of rotatable bonds is 4. The third kappa shape index (κ3) is 4.33. The van der Waals surface area contributed by atoms with E-state index in [0.29, 0.717) is 5.92 Å². The van der Waals surface area contributed by atoms with Crippen molar-refractivity contribution < 1.29 is 0 Å². The molecule has 0 bridgehead atoms. The molecule has 0 aromatic heterocycles. The molecule has 3 aromatic carbocycles. The van der Waals surface area contributed by atoms with Gasteiger partial charge < -0.3 is 4.90 Å². The largest absolute Gasteiger partial charge is 0.374 e. The first-order valence-corrected chi connectivity index (χ1v) is 14.7. The van der Waals surface area contributed by atoms with E-state index in [1.54, 1.807) is 0 Å². The van der Waals surface area contributed by atoms with Crippen molar-refractivity contribution in [1.82, 2.24) is 0 Å². The fourth-order valence-corrected chi connectivity index (χ4v) is 7.63. The number of hydrogen-bond acceptors (Lipinski definition) is 1.